The van der Waals surface area contributed by atoms with Crippen molar-refractivity contribution in [3.63, 3.8) is 0 Å². The highest BCUT2D eigenvalue weighted by Gasteiger charge is 2.46. The highest BCUT2D eigenvalue weighted by atomic mass is 79.9. The molecule has 34 heavy (non-hydrogen) atoms. The van der Waals surface area contributed by atoms with Crippen LogP contribution in [0, 0.1) is 0 Å². The summed E-state index contributed by atoms with van der Waals surface area (Å²) in [4.78, 5) is 58.0. The van der Waals surface area contributed by atoms with E-state index in [9.17, 15) is 19.2 Å². The molecule has 2 aromatic rings. The fourth-order valence-corrected chi connectivity index (χ4v) is 5.41. The second-order valence-corrected chi connectivity index (χ2v) is 10.4. The van der Waals surface area contributed by atoms with Gasteiger partial charge in [0.15, 0.2) is 0 Å². The van der Waals surface area contributed by atoms with Crippen LogP contribution < -0.4 is 9.80 Å². The lowest BCUT2D eigenvalue weighted by Gasteiger charge is -2.38. The summed E-state index contributed by atoms with van der Waals surface area (Å²) in [6, 6.07) is 13.2. The molecular weight excluding hydrogens is 568 g/mol. The summed E-state index contributed by atoms with van der Waals surface area (Å²) in [5, 5.41) is 0. The molecule has 3 aliphatic rings. The Hall–Kier alpha value is -2.40. The van der Waals surface area contributed by atoms with Crippen molar-refractivity contribution in [2.75, 3.05) is 36.0 Å². The molecule has 0 spiro atoms. The van der Waals surface area contributed by atoms with E-state index in [0.717, 1.165) is 8.95 Å². The summed E-state index contributed by atoms with van der Waals surface area (Å²) >= 11 is 6.74. The van der Waals surface area contributed by atoms with Gasteiger partial charge < -0.3 is 0 Å². The molecule has 10 heteroatoms. The Morgan fingerprint density at radius 2 is 0.882 bits per heavy atom. The Kier molecular flexibility index (Phi) is 6.41. The third kappa shape index (κ3) is 4.24. The lowest BCUT2D eigenvalue weighted by atomic mass is 10.1. The normalized spacial score (nSPS) is 24.5. The highest BCUT2D eigenvalue weighted by Crippen LogP contribution is 2.30. The smallest absolute Gasteiger partial charge is 0.251 e. The number of benzene rings is 2. The number of carbonyl (C=O) groups excluding carboxylic acids is 4. The molecule has 0 aliphatic carbocycles. The van der Waals surface area contributed by atoms with Crippen LogP contribution in [0.3, 0.4) is 0 Å². The van der Waals surface area contributed by atoms with Gasteiger partial charge in [-0.05, 0) is 48.5 Å². The zero-order valence-electron chi connectivity index (χ0n) is 18.2. The minimum absolute atomic E-state index is 0.146. The zero-order valence-corrected chi connectivity index (χ0v) is 21.4. The summed E-state index contributed by atoms with van der Waals surface area (Å²) in [5.74, 6) is -0.841. The zero-order chi connectivity index (χ0) is 24.0. The molecule has 176 valence electrons. The van der Waals surface area contributed by atoms with E-state index in [4.69, 9.17) is 0 Å². The van der Waals surface area contributed by atoms with E-state index in [1.165, 1.54) is 9.80 Å². The average Bonchev–Trinajstić information content (AvgIpc) is 3.29. The Labute approximate surface area is 213 Å². The molecule has 3 saturated heterocycles. The summed E-state index contributed by atoms with van der Waals surface area (Å²) in [6.07, 6.45) is 0.292. The largest absolute Gasteiger partial charge is 0.289 e. The van der Waals surface area contributed by atoms with E-state index in [1.54, 1.807) is 48.5 Å². The predicted molar refractivity (Wildman–Crippen MR) is 133 cm³/mol. The number of rotatable bonds is 4. The third-order valence-electron chi connectivity index (χ3n) is 6.65. The maximum absolute atomic E-state index is 13.1. The van der Waals surface area contributed by atoms with Crippen molar-refractivity contribution in [1.82, 2.24) is 9.80 Å². The standard InChI is InChI=1S/C24H22Br2N4O4/c25-15-1-5-17(6-2-15)29-21(31)13-19(23(29)33)27-9-11-28(12-10-27)20-14-22(32)30(24(20)34)18-7-3-16(26)4-8-18/h1-8,19-20H,9-14H2/t19-,20+. The third-order valence-corrected chi connectivity index (χ3v) is 7.70. The topological polar surface area (TPSA) is 81.2 Å². The number of piperazine rings is 1. The molecule has 2 atom stereocenters. The minimum Gasteiger partial charge on any atom is -0.289 e. The van der Waals surface area contributed by atoms with Crippen LogP contribution >= 0.6 is 31.9 Å². The second kappa shape index (κ2) is 9.33. The van der Waals surface area contributed by atoms with Crippen molar-refractivity contribution in [3.05, 3.63) is 57.5 Å². The van der Waals surface area contributed by atoms with Crippen LogP contribution in [0.25, 0.3) is 0 Å². The molecular formula is C24H22Br2N4O4. The van der Waals surface area contributed by atoms with Gasteiger partial charge in [-0.3, -0.25) is 29.0 Å². The molecule has 0 bridgehead atoms. The summed E-state index contributed by atoms with van der Waals surface area (Å²) in [5.41, 5.74) is 1.14. The number of hydrogen-bond donors (Lipinski definition) is 0. The van der Waals surface area contributed by atoms with Crippen molar-refractivity contribution >= 4 is 66.9 Å². The molecule has 8 nitrogen and oxygen atoms in total. The van der Waals surface area contributed by atoms with Crippen LogP contribution in [-0.2, 0) is 19.2 Å². The monoisotopic (exact) mass is 588 g/mol. The van der Waals surface area contributed by atoms with Gasteiger partial charge in [-0.2, -0.15) is 0 Å². The molecule has 0 N–H and O–H groups in total. The summed E-state index contributed by atoms with van der Waals surface area (Å²) in [7, 11) is 0. The number of halogens is 2. The summed E-state index contributed by atoms with van der Waals surface area (Å²) < 4.78 is 1.75. The number of amides is 4. The van der Waals surface area contributed by atoms with Gasteiger partial charge in [-0.1, -0.05) is 31.9 Å². The fourth-order valence-electron chi connectivity index (χ4n) is 4.89. The number of imide groups is 2. The number of nitrogens with zero attached hydrogens (tertiary/aromatic N) is 4. The number of carbonyl (C=O) groups is 4. The second-order valence-electron chi connectivity index (χ2n) is 8.60. The first-order valence-corrected chi connectivity index (χ1v) is 12.6. The number of hydrogen-bond acceptors (Lipinski definition) is 6. The van der Waals surface area contributed by atoms with Gasteiger partial charge in [0, 0.05) is 35.1 Å². The molecule has 0 unspecified atom stereocenters. The Balaban J connectivity index is 1.23. The van der Waals surface area contributed by atoms with Crippen LogP contribution in [-0.4, -0.2) is 71.7 Å². The molecule has 0 radical (unpaired) electrons. The van der Waals surface area contributed by atoms with Gasteiger partial charge in [-0.15, -0.1) is 0 Å². The van der Waals surface area contributed by atoms with Crippen molar-refractivity contribution in [2.45, 2.75) is 24.9 Å². The first-order chi connectivity index (χ1) is 16.3. The van der Waals surface area contributed by atoms with Gasteiger partial charge in [-0.25, -0.2) is 9.80 Å². The van der Waals surface area contributed by atoms with Crippen molar-refractivity contribution in [3.8, 4) is 0 Å². The molecule has 3 heterocycles. The predicted octanol–water partition coefficient (Wildman–Crippen LogP) is 2.79. The molecule has 5 rings (SSSR count). The van der Waals surface area contributed by atoms with Crippen LogP contribution in [0.2, 0.25) is 0 Å². The SMILES string of the molecule is O=C1C[C@@H](N2CCN([C@H]3CC(=O)N(c4ccc(Br)cc4)C3=O)CC2)C(=O)N1c1ccc(Br)cc1. The van der Waals surface area contributed by atoms with Crippen LogP contribution in [0.1, 0.15) is 12.8 Å². The molecule has 0 saturated carbocycles. The first kappa shape index (κ1) is 23.3. The van der Waals surface area contributed by atoms with Gasteiger partial charge in [0.1, 0.15) is 0 Å². The van der Waals surface area contributed by atoms with E-state index in [1.807, 2.05) is 9.80 Å². The number of anilines is 2. The van der Waals surface area contributed by atoms with E-state index in [-0.39, 0.29) is 36.5 Å². The fraction of sp³-hybridized carbons (Fsp3) is 0.333. The van der Waals surface area contributed by atoms with Crippen LogP contribution in [0.5, 0.6) is 0 Å². The van der Waals surface area contributed by atoms with Gasteiger partial charge in [0.25, 0.3) is 11.8 Å². The molecule has 3 aliphatic heterocycles. The van der Waals surface area contributed by atoms with Crippen LogP contribution in [0.15, 0.2) is 57.5 Å². The van der Waals surface area contributed by atoms with E-state index in [0.29, 0.717) is 37.6 Å². The minimum atomic E-state index is -0.501. The van der Waals surface area contributed by atoms with Crippen molar-refractivity contribution in [2.24, 2.45) is 0 Å². The van der Waals surface area contributed by atoms with Gasteiger partial charge in [0.2, 0.25) is 11.8 Å². The maximum Gasteiger partial charge on any atom is 0.251 e. The Morgan fingerprint density at radius 1 is 0.559 bits per heavy atom. The van der Waals surface area contributed by atoms with E-state index in [2.05, 4.69) is 31.9 Å². The molecule has 4 amide bonds. The molecule has 0 aromatic heterocycles. The quantitative estimate of drug-likeness (QED) is 0.510. The van der Waals surface area contributed by atoms with Gasteiger partial charge in [0.05, 0.1) is 36.3 Å². The van der Waals surface area contributed by atoms with Crippen LogP contribution in [0.4, 0.5) is 11.4 Å². The molecule has 2 aromatic carbocycles. The highest BCUT2D eigenvalue weighted by molar-refractivity contribution is 9.10. The Bertz CT molecular complexity index is 1060. The first-order valence-electron chi connectivity index (χ1n) is 11.1. The lowest BCUT2D eigenvalue weighted by Crippen LogP contribution is -2.56. The lowest BCUT2D eigenvalue weighted by molar-refractivity contribution is -0.126. The van der Waals surface area contributed by atoms with Crippen molar-refractivity contribution < 1.29 is 19.2 Å². The Morgan fingerprint density at radius 3 is 1.21 bits per heavy atom. The maximum atomic E-state index is 13.1. The van der Waals surface area contributed by atoms with E-state index >= 15 is 0 Å². The van der Waals surface area contributed by atoms with Crippen molar-refractivity contribution in [1.29, 1.82) is 0 Å². The summed E-state index contributed by atoms with van der Waals surface area (Å²) in [6.45, 7) is 2.20. The average molecular weight is 590 g/mol. The van der Waals surface area contributed by atoms with E-state index < -0.39 is 12.1 Å². The molecule has 3 fully saturated rings. The van der Waals surface area contributed by atoms with Gasteiger partial charge >= 0.3 is 0 Å².